The molecule has 0 saturated carbocycles. The lowest BCUT2D eigenvalue weighted by Crippen LogP contribution is -2.37. The Kier molecular flexibility index (Phi) is 5.84. The summed E-state index contributed by atoms with van der Waals surface area (Å²) in [7, 11) is 0. The minimum absolute atomic E-state index is 0.0693. The summed E-state index contributed by atoms with van der Waals surface area (Å²) >= 11 is 0. The number of urea groups is 1. The molecule has 0 aliphatic carbocycles. The summed E-state index contributed by atoms with van der Waals surface area (Å²) in [4.78, 5) is 35.3. The number of anilines is 1. The highest BCUT2D eigenvalue weighted by Gasteiger charge is 2.15. The highest BCUT2D eigenvalue weighted by molar-refractivity contribution is 6.02. The number of esters is 1. The van der Waals surface area contributed by atoms with E-state index >= 15 is 0 Å². The molecule has 130 valence electrons. The van der Waals surface area contributed by atoms with Crippen LogP contribution in [0.25, 0.3) is 0 Å². The van der Waals surface area contributed by atoms with Gasteiger partial charge in [-0.05, 0) is 43.2 Å². The number of halogens is 1. The fourth-order valence-electron chi connectivity index (χ4n) is 2.06. The van der Waals surface area contributed by atoms with Gasteiger partial charge in [-0.15, -0.1) is 0 Å². The molecule has 0 fully saturated rings. The first-order chi connectivity index (χ1) is 11.9. The van der Waals surface area contributed by atoms with Crippen molar-refractivity contribution in [2.24, 2.45) is 0 Å². The smallest absolute Gasteiger partial charge is 0.338 e. The molecule has 25 heavy (non-hydrogen) atoms. The molecule has 2 aromatic carbocycles. The quantitative estimate of drug-likeness (QED) is 0.835. The number of rotatable bonds is 4. The van der Waals surface area contributed by atoms with Crippen LogP contribution in [-0.2, 0) is 9.53 Å². The molecule has 0 unspecified atom stereocenters. The monoisotopic (exact) mass is 344 g/mol. The van der Waals surface area contributed by atoms with Crippen LogP contribution in [-0.4, -0.2) is 24.5 Å². The minimum atomic E-state index is -0.919. The van der Waals surface area contributed by atoms with Crippen LogP contribution in [0.5, 0.6) is 0 Å². The molecule has 0 saturated heterocycles. The fraction of sp³-hybridized carbons (Fsp3) is 0.167. The molecular formula is C18H17FN2O4. The largest absolute Gasteiger partial charge is 0.452 e. The van der Waals surface area contributed by atoms with Crippen LogP contribution in [0.15, 0.2) is 42.5 Å². The molecule has 2 rings (SSSR count). The van der Waals surface area contributed by atoms with Crippen molar-refractivity contribution in [2.75, 3.05) is 11.9 Å². The normalized spacial score (nSPS) is 10.0. The van der Waals surface area contributed by atoms with Gasteiger partial charge in [0.05, 0.1) is 11.3 Å². The van der Waals surface area contributed by atoms with Crippen molar-refractivity contribution in [1.82, 2.24) is 5.32 Å². The Balaban J connectivity index is 1.86. The van der Waals surface area contributed by atoms with Gasteiger partial charge in [0.15, 0.2) is 6.61 Å². The van der Waals surface area contributed by atoms with Crippen LogP contribution in [0, 0.1) is 19.7 Å². The summed E-state index contributed by atoms with van der Waals surface area (Å²) in [6.45, 7) is 3.00. The van der Waals surface area contributed by atoms with E-state index < -0.39 is 30.3 Å². The van der Waals surface area contributed by atoms with Gasteiger partial charge in [0.25, 0.3) is 5.91 Å². The lowest BCUT2D eigenvalue weighted by Gasteiger charge is -2.10. The second kappa shape index (κ2) is 8.05. The molecule has 0 aliphatic heterocycles. The Hall–Kier alpha value is -3.22. The molecule has 7 heteroatoms. The van der Waals surface area contributed by atoms with E-state index in [1.807, 2.05) is 18.3 Å². The van der Waals surface area contributed by atoms with E-state index in [1.54, 1.807) is 19.1 Å². The molecule has 0 heterocycles. The van der Waals surface area contributed by atoms with Crippen LogP contribution in [0.2, 0.25) is 0 Å². The second-order valence-corrected chi connectivity index (χ2v) is 5.31. The molecule has 6 nitrogen and oxygen atoms in total. The predicted molar refractivity (Wildman–Crippen MR) is 89.8 cm³/mol. The number of aryl methyl sites for hydroxylation is 1. The number of carbonyl (C=O) groups is 3. The van der Waals surface area contributed by atoms with Gasteiger partial charge in [-0.1, -0.05) is 24.3 Å². The number of carbonyl (C=O) groups excluding carboxylic acids is 3. The summed E-state index contributed by atoms with van der Waals surface area (Å²) in [5.41, 5.74) is 1.96. The Labute approximate surface area is 144 Å². The van der Waals surface area contributed by atoms with Crippen molar-refractivity contribution in [3.05, 3.63) is 65.0 Å². The summed E-state index contributed by atoms with van der Waals surface area (Å²) in [6.07, 6.45) is 0. The highest BCUT2D eigenvalue weighted by Crippen LogP contribution is 2.14. The van der Waals surface area contributed by atoms with E-state index in [-0.39, 0.29) is 5.69 Å². The van der Waals surface area contributed by atoms with Gasteiger partial charge in [0.1, 0.15) is 5.82 Å². The number of nitrogens with one attached hydrogen (secondary N) is 2. The van der Waals surface area contributed by atoms with E-state index in [0.717, 1.165) is 11.1 Å². The Bertz CT molecular complexity index is 820. The third-order valence-electron chi connectivity index (χ3n) is 3.53. The van der Waals surface area contributed by atoms with E-state index in [2.05, 4.69) is 5.32 Å². The number of ether oxygens (including phenoxy) is 1. The summed E-state index contributed by atoms with van der Waals surface area (Å²) in [5.74, 6) is -2.12. The molecule has 0 aliphatic rings. The minimum Gasteiger partial charge on any atom is -0.452 e. The molecule has 0 bridgehead atoms. The van der Waals surface area contributed by atoms with Gasteiger partial charge >= 0.3 is 12.0 Å². The molecular weight excluding hydrogens is 327 g/mol. The topological polar surface area (TPSA) is 84.5 Å². The molecule has 2 aromatic rings. The number of imide groups is 1. The van der Waals surface area contributed by atoms with Gasteiger partial charge in [-0.25, -0.2) is 14.0 Å². The van der Waals surface area contributed by atoms with Crippen molar-refractivity contribution >= 4 is 23.6 Å². The summed E-state index contributed by atoms with van der Waals surface area (Å²) < 4.78 is 18.3. The third kappa shape index (κ3) is 4.87. The molecule has 0 atom stereocenters. The Morgan fingerprint density at radius 3 is 2.48 bits per heavy atom. The zero-order chi connectivity index (χ0) is 18.4. The molecule has 0 radical (unpaired) electrons. The lowest BCUT2D eigenvalue weighted by atomic mass is 10.0. The van der Waals surface area contributed by atoms with Crippen LogP contribution >= 0.6 is 0 Å². The fourth-order valence-corrected chi connectivity index (χ4v) is 2.06. The lowest BCUT2D eigenvalue weighted by molar-refractivity contribution is -0.123. The van der Waals surface area contributed by atoms with E-state index in [1.165, 1.54) is 24.3 Å². The van der Waals surface area contributed by atoms with Crippen molar-refractivity contribution < 1.29 is 23.5 Å². The third-order valence-corrected chi connectivity index (χ3v) is 3.53. The first kappa shape index (κ1) is 18.1. The first-order valence-corrected chi connectivity index (χ1v) is 7.47. The van der Waals surface area contributed by atoms with Gasteiger partial charge in [0.2, 0.25) is 0 Å². The number of hydrogen-bond acceptors (Lipinski definition) is 4. The first-order valence-electron chi connectivity index (χ1n) is 7.47. The van der Waals surface area contributed by atoms with Crippen LogP contribution in [0.3, 0.4) is 0 Å². The predicted octanol–water partition coefficient (Wildman–Crippen LogP) is 2.95. The average Bonchev–Trinajstić information content (AvgIpc) is 2.57. The van der Waals surface area contributed by atoms with Crippen molar-refractivity contribution in [3.8, 4) is 0 Å². The molecule has 0 spiro atoms. The van der Waals surface area contributed by atoms with Crippen LogP contribution in [0.1, 0.15) is 21.5 Å². The van der Waals surface area contributed by atoms with Crippen molar-refractivity contribution in [2.45, 2.75) is 13.8 Å². The number of amides is 3. The maximum absolute atomic E-state index is 13.4. The van der Waals surface area contributed by atoms with E-state index in [0.29, 0.717) is 5.56 Å². The summed E-state index contributed by atoms with van der Waals surface area (Å²) in [5, 5.41) is 4.15. The van der Waals surface area contributed by atoms with Gasteiger partial charge < -0.3 is 10.1 Å². The highest BCUT2D eigenvalue weighted by atomic mass is 19.1. The number of para-hydroxylation sites is 1. The van der Waals surface area contributed by atoms with Crippen LogP contribution in [0.4, 0.5) is 14.9 Å². The zero-order valence-electron chi connectivity index (χ0n) is 13.8. The van der Waals surface area contributed by atoms with Crippen LogP contribution < -0.4 is 10.6 Å². The number of hydrogen-bond donors (Lipinski definition) is 2. The van der Waals surface area contributed by atoms with Gasteiger partial charge in [-0.3, -0.25) is 10.1 Å². The Morgan fingerprint density at radius 1 is 1.04 bits per heavy atom. The van der Waals surface area contributed by atoms with Crippen molar-refractivity contribution in [3.63, 3.8) is 0 Å². The van der Waals surface area contributed by atoms with E-state index in [4.69, 9.17) is 4.74 Å². The number of benzene rings is 2. The Morgan fingerprint density at radius 2 is 1.76 bits per heavy atom. The molecule has 3 amide bonds. The summed E-state index contributed by atoms with van der Waals surface area (Å²) in [6, 6.07) is 9.75. The van der Waals surface area contributed by atoms with Gasteiger partial charge in [-0.2, -0.15) is 0 Å². The van der Waals surface area contributed by atoms with E-state index in [9.17, 15) is 18.8 Å². The average molecular weight is 344 g/mol. The SMILES string of the molecule is Cc1cccc(C(=O)OCC(=O)NC(=O)Nc2ccccc2F)c1C. The maximum Gasteiger partial charge on any atom is 0.338 e. The molecule has 2 N–H and O–H groups in total. The maximum atomic E-state index is 13.4. The van der Waals surface area contributed by atoms with Crippen molar-refractivity contribution in [1.29, 1.82) is 0 Å². The second-order valence-electron chi connectivity index (χ2n) is 5.31. The molecule has 0 aromatic heterocycles. The zero-order valence-corrected chi connectivity index (χ0v) is 13.8. The van der Waals surface area contributed by atoms with Gasteiger partial charge in [0, 0.05) is 0 Å². The standard InChI is InChI=1S/C18H17FN2O4/c1-11-6-5-7-13(12(11)2)17(23)25-10-16(22)21-18(24)20-15-9-4-3-8-14(15)19/h3-9H,10H2,1-2H3,(H2,20,21,22,24).